The van der Waals surface area contributed by atoms with Crippen LogP contribution in [0.3, 0.4) is 0 Å². The van der Waals surface area contributed by atoms with Crippen LogP contribution in [0.15, 0.2) is 52.5 Å². The first-order valence-corrected chi connectivity index (χ1v) is 5.77. The van der Waals surface area contributed by atoms with Gasteiger partial charge in [-0.2, -0.15) is 5.26 Å². The van der Waals surface area contributed by atoms with Crippen LogP contribution in [-0.2, 0) is 0 Å². The summed E-state index contributed by atoms with van der Waals surface area (Å²) >= 11 is 7.32. The molecule has 4 heteroatoms. The van der Waals surface area contributed by atoms with E-state index in [1.165, 1.54) is 11.8 Å². The molecule has 16 heavy (non-hydrogen) atoms. The summed E-state index contributed by atoms with van der Waals surface area (Å²) in [5.41, 5.74) is 0.576. The normalized spacial score (nSPS) is 9.75. The van der Waals surface area contributed by atoms with Gasteiger partial charge in [-0.15, -0.1) is 0 Å². The number of hydrogen-bond donors (Lipinski definition) is 0. The largest absolute Gasteiger partial charge is 0.248 e. The minimum atomic E-state index is 0.576. The van der Waals surface area contributed by atoms with Crippen LogP contribution in [0, 0.1) is 11.3 Å². The number of benzene rings is 1. The predicted octanol–water partition coefficient (Wildman–Crippen LogP) is 3.76. The number of aromatic nitrogens is 1. The topological polar surface area (TPSA) is 36.7 Å². The zero-order valence-corrected chi connectivity index (χ0v) is 9.79. The number of nitriles is 1. The predicted molar refractivity (Wildman–Crippen MR) is 64.5 cm³/mol. The van der Waals surface area contributed by atoms with E-state index in [-0.39, 0.29) is 0 Å². The van der Waals surface area contributed by atoms with Crippen LogP contribution in [0.1, 0.15) is 5.56 Å². The summed E-state index contributed by atoms with van der Waals surface area (Å²) in [6.45, 7) is 0. The molecule has 2 aromatic rings. The highest BCUT2D eigenvalue weighted by molar-refractivity contribution is 7.99. The van der Waals surface area contributed by atoms with Crippen LogP contribution in [0.5, 0.6) is 0 Å². The van der Waals surface area contributed by atoms with Gasteiger partial charge in [-0.3, -0.25) is 0 Å². The molecule has 0 aliphatic rings. The van der Waals surface area contributed by atoms with Crippen molar-refractivity contribution in [3.8, 4) is 6.07 Å². The van der Waals surface area contributed by atoms with Crippen LogP contribution in [0.4, 0.5) is 0 Å². The molecule has 1 aromatic carbocycles. The van der Waals surface area contributed by atoms with Crippen molar-refractivity contribution >= 4 is 23.4 Å². The Morgan fingerprint density at radius 3 is 2.88 bits per heavy atom. The van der Waals surface area contributed by atoms with Crippen LogP contribution in [-0.4, -0.2) is 4.98 Å². The highest BCUT2D eigenvalue weighted by Crippen LogP contribution is 2.29. The second kappa shape index (κ2) is 5.02. The summed E-state index contributed by atoms with van der Waals surface area (Å²) in [6, 6.07) is 13.1. The van der Waals surface area contributed by atoms with Gasteiger partial charge in [0.1, 0.15) is 11.1 Å². The molecule has 0 spiro atoms. The van der Waals surface area contributed by atoms with Gasteiger partial charge in [0.2, 0.25) is 0 Å². The van der Waals surface area contributed by atoms with E-state index in [1.807, 2.05) is 24.3 Å². The van der Waals surface area contributed by atoms with Gasteiger partial charge < -0.3 is 0 Å². The monoisotopic (exact) mass is 246 g/mol. The summed E-state index contributed by atoms with van der Waals surface area (Å²) in [6.07, 6.45) is 1.67. The number of halogens is 1. The van der Waals surface area contributed by atoms with E-state index >= 15 is 0 Å². The van der Waals surface area contributed by atoms with Gasteiger partial charge in [-0.05, 0) is 30.3 Å². The molecule has 78 valence electrons. The second-order valence-electron chi connectivity index (χ2n) is 3.03. The van der Waals surface area contributed by atoms with Gasteiger partial charge in [-0.1, -0.05) is 29.4 Å². The van der Waals surface area contributed by atoms with Crippen molar-refractivity contribution in [2.45, 2.75) is 9.92 Å². The molecule has 0 fully saturated rings. The minimum Gasteiger partial charge on any atom is -0.248 e. The fourth-order valence-electron chi connectivity index (χ4n) is 1.20. The average molecular weight is 247 g/mol. The minimum absolute atomic E-state index is 0.576. The van der Waals surface area contributed by atoms with E-state index in [1.54, 1.807) is 18.3 Å². The Bertz CT molecular complexity index is 549. The van der Waals surface area contributed by atoms with Crippen molar-refractivity contribution in [2.75, 3.05) is 0 Å². The Kier molecular flexibility index (Phi) is 3.45. The lowest BCUT2D eigenvalue weighted by Crippen LogP contribution is -1.84. The molecule has 0 radical (unpaired) electrons. The van der Waals surface area contributed by atoms with E-state index in [2.05, 4.69) is 11.1 Å². The van der Waals surface area contributed by atoms with Crippen LogP contribution < -0.4 is 0 Å². The lowest BCUT2D eigenvalue weighted by molar-refractivity contribution is 1.11. The molecule has 0 saturated carbocycles. The van der Waals surface area contributed by atoms with Crippen LogP contribution in [0.25, 0.3) is 0 Å². The van der Waals surface area contributed by atoms with Gasteiger partial charge in [0.15, 0.2) is 0 Å². The number of pyridine rings is 1. The fourth-order valence-corrected chi connectivity index (χ4v) is 2.35. The fraction of sp³-hybridized carbons (Fsp3) is 0. The molecule has 1 aromatic heterocycles. The highest BCUT2D eigenvalue weighted by atomic mass is 35.5. The SMILES string of the molecule is N#Cc1cccnc1Sc1cccc(Cl)c1. The first kappa shape index (κ1) is 11.0. The third-order valence-electron chi connectivity index (χ3n) is 1.90. The van der Waals surface area contributed by atoms with Gasteiger partial charge >= 0.3 is 0 Å². The van der Waals surface area contributed by atoms with Crippen LogP contribution in [0.2, 0.25) is 5.02 Å². The molecular formula is C12H7ClN2S. The molecule has 0 atom stereocenters. The third kappa shape index (κ3) is 2.54. The van der Waals surface area contributed by atoms with E-state index in [0.717, 1.165) is 4.90 Å². The standard InChI is InChI=1S/C12H7ClN2S/c13-10-4-1-5-11(7-10)16-12-9(8-14)3-2-6-15-12/h1-7H. The molecule has 0 bridgehead atoms. The first-order valence-electron chi connectivity index (χ1n) is 4.58. The Balaban J connectivity index is 2.31. The lowest BCUT2D eigenvalue weighted by Gasteiger charge is -2.02. The molecule has 0 N–H and O–H groups in total. The van der Waals surface area contributed by atoms with Crippen molar-refractivity contribution in [3.05, 3.63) is 53.2 Å². The van der Waals surface area contributed by atoms with Crippen molar-refractivity contribution < 1.29 is 0 Å². The quantitative estimate of drug-likeness (QED) is 0.810. The zero-order chi connectivity index (χ0) is 11.4. The molecule has 1 heterocycles. The third-order valence-corrected chi connectivity index (χ3v) is 3.15. The van der Waals surface area contributed by atoms with Crippen molar-refractivity contribution in [2.24, 2.45) is 0 Å². The van der Waals surface area contributed by atoms with Crippen molar-refractivity contribution in [1.82, 2.24) is 4.98 Å². The maximum absolute atomic E-state index is 8.92. The highest BCUT2D eigenvalue weighted by Gasteiger charge is 2.04. The molecule has 0 saturated heterocycles. The molecule has 0 aliphatic heterocycles. The molecule has 2 rings (SSSR count). The van der Waals surface area contributed by atoms with Gasteiger partial charge in [0, 0.05) is 16.1 Å². The Morgan fingerprint density at radius 2 is 2.12 bits per heavy atom. The van der Waals surface area contributed by atoms with Gasteiger partial charge in [0.25, 0.3) is 0 Å². The smallest absolute Gasteiger partial charge is 0.119 e. The van der Waals surface area contributed by atoms with E-state index in [0.29, 0.717) is 15.6 Å². The Labute approximate surface area is 103 Å². The summed E-state index contributed by atoms with van der Waals surface area (Å²) in [5, 5.41) is 10.3. The maximum atomic E-state index is 8.92. The lowest BCUT2D eigenvalue weighted by atomic mass is 10.3. The van der Waals surface area contributed by atoms with Crippen molar-refractivity contribution in [1.29, 1.82) is 5.26 Å². The number of rotatable bonds is 2. The molecule has 2 nitrogen and oxygen atoms in total. The second-order valence-corrected chi connectivity index (χ2v) is 4.53. The molecule has 0 aliphatic carbocycles. The zero-order valence-electron chi connectivity index (χ0n) is 8.22. The summed E-state index contributed by atoms with van der Waals surface area (Å²) < 4.78 is 0. The number of hydrogen-bond acceptors (Lipinski definition) is 3. The summed E-state index contributed by atoms with van der Waals surface area (Å²) in [4.78, 5) is 5.15. The molecule has 0 amide bonds. The first-order chi connectivity index (χ1) is 7.79. The molecule has 0 unspecified atom stereocenters. The van der Waals surface area contributed by atoms with Gasteiger partial charge in [-0.25, -0.2) is 4.98 Å². The van der Waals surface area contributed by atoms with Gasteiger partial charge in [0.05, 0.1) is 5.56 Å². The van der Waals surface area contributed by atoms with Crippen molar-refractivity contribution in [3.63, 3.8) is 0 Å². The number of nitrogens with zero attached hydrogens (tertiary/aromatic N) is 2. The Hall–Kier alpha value is -1.50. The Morgan fingerprint density at radius 1 is 1.25 bits per heavy atom. The van der Waals surface area contributed by atoms with E-state index in [9.17, 15) is 0 Å². The maximum Gasteiger partial charge on any atom is 0.119 e. The van der Waals surface area contributed by atoms with E-state index < -0.39 is 0 Å². The molecular weight excluding hydrogens is 240 g/mol. The van der Waals surface area contributed by atoms with Crippen LogP contribution >= 0.6 is 23.4 Å². The summed E-state index contributed by atoms with van der Waals surface area (Å²) in [5.74, 6) is 0. The van der Waals surface area contributed by atoms with E-state index in [4.69, 9.17) is 16.9 Å². The average Bonchev–Trinajstić information content (AvgIpc) is 2.30. The summed E-state index contributed by atoms with van der Waals surface area (Å²) in [7, 11) is 0.